The van der Waals surface area contributed by atoms with Crippen molar-refractivity contribution in [2.24, 2.45) is 0 Å². The number of benzene rings is 2. The quantitative estimate of drug-likeness (QED) is 0.336. The SMILES string of the molecule is C[Si](C)(C)C#C[C@H](Cc1ccccc1OCc1coc2ccccc12)OC(F)(F)F. The summed E-state index contributed by atoms with van der Waals surface area (Å²) in [6.07, 6.45) is -4.46. The molecule has 1 aromatic heterocycles. The van der Waals surface area contributed by atoms with Crippen LogP contribution in [0.4, 0.5) is 13.2 Å². The maximum absolute atomic E-state index is 12.9. The van der Waals surface area contributed by atoms with Gasteiger partial charge in [0.25, 0.3) is 0 Å². The average molecular weight is 433 g/mol. The number of alkyl halides is 3. The minimum Gasteiger partial charge on any atom is -0.488 e. The van der Waals surface area contributed by atoms with E-state index in [1.807, 2.05) is 43.9 Å². The monoisotopic (exact) mass is 432 g/mol. The molecule has 0 aliphatic carbocycles. The summed E-state index contributed by atoms with van der Waals surface area (Å²) in [5.41, 5.74) is 5.19. The number of hydrogen-bond donors (Lipinski definition) is 0. The lowest BCUT2D eigenvalue weighted by Gasteiger charge is -2.17. The molecule has 3 aromatic rings. The van der Waals surface area contributed by atoms with E-state index in [9.17, 15) is 13.2 Å². The van der Waals surface area contributed by atoms with E-state index in [1.165, 1.54) is 0 Å². The summed E-state index contributed by atoms with van der Waals surface area (Å²) in [5, 5.41) is 0.939. The first-order valence-corrected chi connectivity index (χ1v) is 13.0. The van der Waals surface area contributed by atoms with Crippen molar-refractivity contribution in [2.45, 2.75) is 45.1 Å². The van der Waals surface area contributed by atoms with Crippen LogP contribution in [-0.2, 0) is 17.8 Å². The molecule has 1 atom stereocenters. The van der Waals surface area contributed by atoms with Gasteiger partial charge in [-0.1, -0.05) is 62.0 Å². The Hall–Kier alpha value is -2.69. The van der Waals surface area contributed by atoms with E-state index in [2.05, 4.69) is 16.2 Å². The van der Waals surface area contributed by atoms with Crippen LogP contribution in [0.25, 0.3) is 11.0 Å². The van der Waals surface area contributed by atoms with Crippen molar-refractivity contribution in [3.63, 3.8) is 0 Å². The van der Waals surface area contributed by atoms with Gasteiger partial charge in [-0.15, -0.1) is 18.7 Å². The molecule has 2 aromatic carbocycles. The summed E-state index contributed by atoms with van der Waals surface area (Å²) < 4.78 is 54.4. The summed E-state index contributed by atoms with van der Waals surface area (Å²) in [7, 11) is -1.85. The van der Waals surface area contributed by atoms with Crippen LogP contribution in [0.2, 0.25) is 19.6 Å². The summed E-state index contributed by atoms with van der Waals surface area (Å²) in [6, 6.07) is 14.6. The molecular formula is C23H23F3O3Si. The highest BCUT2D eigenvalue weighted by Gasteiger charge is 2.33. The van der Waals surface area contributed by atoms with Gasteiger partial charge >= 0.3 is 6.36 Å². The minimum absolute atomic E-state index is 0.0285. The fraction of sp³-hybridized carbons (Fsp3) is 0.304. The number of rotatable bonds is 6. The van der Waals surface area contributed by atoms with Crippen LogP contribution < -0.4 is 4.74 Å². The van der Waals surface area contributed by atoms with E-state index in [0.717, 1.165) is 16.5 Å². The lowest BCUT2D eigenvalue weighted by molar-refractivity contribution is -0.334. The Kier molecular flexibility index (Phi) is 6.59. The molecule has 7 heteroatoms. The highest BCUT2D eigenvalue weighted by Crippen LogP contribution is 2.27. The largest absolute Gasteiger partial charge is 0.523 e. The number of ether oxygens (including phenoxy) is 2. The summed E-state index contributed by atoms with van der Waals surface area (Å²) in [4.78, 5) is 0. The van der Waals surface area contributed by atoms with Gasteiger partial charge in [0.15, 0.2) is 0 Å². The molecule has 3 nitrogen and oxygen atoms in total. The highest BCUT2D eigenvalue weighted by molar-refractivity contribution is 6.83. The van der Waals surface area contributed by atoms with E-state index < -0.39 is 20.5 Å². The van der Waals surface area contributed by atoms with E-state index in [-0.39, 0.29) is 13.0 Å². The van der Waals surface area contributed by atoms with Gasteiger partial charge in [-0.25, -0.2) is 0 Å². The van der Waals surface area contributed by atoms with Crippen molar-refractivity contribution < 1.29 is 27.1 Å². The van der Waals surface area contributed by atoms with E-state index >= 15 is 0 Å². The molecule has 0 spiro atoms. The Morgan fingerprint density at radius 1 is 1.00 bits per heavy atom. The lowest BCUT2D eigenvalue weighted by Crippen LogP contribution is -2.26. The van der Waals surface area contributed by atoms with Gasteiger partial charge in [-0.3, -0.25) is 4.74 Å². The minimum atomic E-state index is -4.76. The fourth-order valence-corrected chi connectivity index (χ4v) is 3.49. The molecule has 0 unspecified atom stereocenters. The molecule has 0 saturated heterocycles. The number of fused-ring (bicyclic) bond motifs is 1. The third-order valence-corrected chi connectivity index (χ3v) is 5.10. The standard InChI is InChI=1S/C23H23F3O3Si/c1-30(2,3)13-12-19(29-23(24,25)26)14-17-8-4-6-10-21(17)27-15-18-16-28-22-11-7-5-9-20(18)22/h4-11,16,19H,14-15H2,1-3H3/t19-/m1/s1. The molecule has 0 saturated carbocycles. The third kappa shape index (κ3) is 6.41. The van der Waals surface area contributed by atoms with Crippen molar-refractivity contribution in [2.75, 3.05) is 0 Å². The number of halogens is 3. The van der Waals surface area contributed by atoms with E-state index in [0.29, 0.717) is 11.3 Å². The van der Waals surface area contributed by atoms with Crippen LogP contribution in [-0.4, -0.2) is 20.5 Å². The van der Waals surface area contributed by atoms with Gasteiger partial charge in [0.05, 0.1) is 6.26 Å². The summed E-state index contributed by atoms with van der Waals surface area (Å²) in [6.45, 7) is 6.14. The number of furan rings is 1. The topological polar surface area (TPSA) is 31.6 Å². The first-order valence-electron chi connectivity index (χ1n) is 9.54. The van der Waals surface area contributed by atoms with Crippen LogP contribution in [0, 0.1) is 11.5 Å². The van der Waals surface area contributed by atoms with Gasteiger partial charge in [0.2, 0.25) is 0 Å². The average Bonchev–Trinajstić information content (AvgIpc) is 3.07. The lowest BCUT2D eigenvalue weighted by atomic mass is 10.1. The molecular weight excluding hydrogens is 409 g/mol. The van der Waals surface area contributed by atoms with Crippen molar-refractivity contribution in [1.29, 1.82) is 0 Å². The Balaban J connectivity index is 1.79. The zero-order valence-corrected chi connectivity index (χ0v) is 18.0. The molecule has 0 aliphatic heterocycles. The predicted octanol–water partition coefficient (Wildman–Crippen LogP) is 6.34. The Morgan fingerprint density at radius 3 is 2.43 bits per heavy atom. The van der Waals surface area contributed by atoms with Gasteiger partial charge in [-0.05, 0) is 17.7 Å². The van der Waals surface area contributed by atoms with Crippen molar-refractivity contribution in [3.8, 4) is 17.2 Å². The molecule has 0 aliphatic rings. The Bertz CT molecular complexity index is 1050. The van der Waals surface area contributed by atoms with Gasteiger partial charge < -0.3 is 9.15 Å². The van der Waals surface area contributed by atoms with Crippen LogP contribution in [0.3, 0.4) is 0 Å². The normalized spacial score (nSPS) is 13.0. The van der Waals surface area contributed by atoms with E-state index in [1.54, 1.807) is 30.5 Å². The van der Waals surface area contributed by atoms with E-state index in [4.69, 9.17) is 9.15 Å². The van der Waals surface area contributed by atoms with Crippen molar-refractivity contribution in [3.05, 3.63) is 65.9 Å². The Labute approximate surface area is 174 Å². The molecule has 3 rings (SSSR count). The summed E-state index contributed by atoms with van der Waals surface area (Å²) in [5.74, 6) is 3.18. The van der Waals surface area contributed by atoms with Crippen molar-refractivity contribution in [1.82, 2.24) is 0 Å². The van der Waals surface area contributed by atoms with Gasteiger partial charge in [0.1, 0.15) is 32.1 Å². The summed E-state index contributed by atoms with van der Waals surface area (Å²) >= 11 is 0. The van der Waals surface area contributed by atoms with Gasteiger partial charge in [-0.2, -0.15) is 0 Å². The fourth-order valence-electron chi connectivity index (χ4n) is 2.89. The first-order chi connectivity index (χ1) is 14.1. The molecule has 0 bridgehead atoms. The number of para-hydroxylation sites is 2. The van der Waals surface area contributed by atoms with Gasteiger partial charge in [0, 0.05) is 17.4 Å². The molecule has 30 heavy (non-hydrogen) atoms. The third-order valence-electron chi connectivity index (χ3n) is 4.21. The Morgan fingerprint density at radius 2 is 1.70 bits per heavy atom. The molecule has 0 fully saturated rings. The molecule has 0 N–H and O–H groups in total. The maximum atomic E-state index is 12.9. The zero-order valence-electron chi connectivity index (χ0n) is 17.0. The molecule has 1 heterocycles. The molecule has 0 radical (unpaired) electrons. The van der Waals surface area contributed by atoms with Crippen LogP contribution in [0.15, 0.2) is 59.2 Å². The highest BCUT2D eigenvalue weighted by atomic mass is 28.3. The predicted molar refractivity (Wildman–Crippen MR) is 113 cm³/mol. The van der Waals surface area contributed by atoms with Crippen molar-refractivity contribution >= 4 is 19.0 Å². The second-order valence-corrected chi connectivity index (χ2v) is 12.7. The molecule has 158 valence electrons. The van der Waals surface area contributed by atoms with Crippen LogP contribution in [0.1, 0.15) is 11.1 Å². The first kappa shape index (κ1) is 22.0. The maximum Gasteiger partial charge on any atom is 0.523 e. The second kappa shape index (κ2) is 8.98. The second-order valence-electron chi connectivity index (χ2n) is 7.93. The molecule has 0 amide bonds. The van der Waals surface area contributed by atoms with Crippen LogP contribution >= 0.6 is 0 Å². The van der Waals surface area contributed by atoms with Crippen LogP contribution in [0.5, 0.6) is 5.75 Å². The number of hydrogen-bond acceptors (Lipinski definition) is 3. The smallest absolute Gasteiger partial charge is 0.488 e. The zero-order chi connectivity index (χ0) is 21.8.